The lowest BCUT2D eigenvalue weighted by Gasteiger charge is -2.22. The Morgan fingerprint density at radius 2 is 2.24 bits per heavy atom. The Balaban J connectivity index is 1.61. The molecule has 1 aliphatic heterocycles. The summed E-state index contributed by atoms with van der Waals surface area (Å²) in [6.07, 6.45) is 5.62. The monoisotopic (exact) mass is 340 g/mol. The topological polar surface area (TPSA) is 73.6 Å². The number of phenols is 1. The first-order chi connectivity index (χ1) is 12.3. The number of aromatic hydroxyl groups is 1. The van der Waals surface area contributed by atoms with Gasteiger partial charge in [-0.1, -0.05) is 6.07 Å². The van der Waals surface area contributed by atoms with Crippen LogP contribution in [-0.4, -0.2) is 41.0 Å². The number of aldehydes is 1. The van der Waals surface area contributed by atoms with Crippen LogP contribution in [0.5, 0.6) is 11.5 Å². The first-order valence-electron chi connectivity index (χ1n) is 8.50. The van der Waals surface area contributed by atoms with E-state index in [2.05, 4.69) is 9.78 Å². The Morgan fingerprint density at radius 1 is 1.36 bits per heavy atom. The lowest BCUT2D eigenvalue weighted by molar-refractivity contribution is 0.111. The Morgan fingerprint density at radius 3 is 3.04 bits per heavy atom. The minimum absolute atomic E-state index is 0.0755. The Hall–Kier alpha value is -2.60. The van der Waals surface area contributed by atoms with Gasteiger partial charge in [0.25, 0.3) is 0 Å². The van der Waals surface area contributed by atoms with E-state index in [0.717, 1.165) is 17.7 Å². The first kappa shape index (κ1) is 15.9. The summed E-state index contributed by atoms with van der Waals surface area (Å²) >= 11 is 0. The molecule has 1 N–H and O–H groups in total. The maximum Gasteiger partial charge on any atom is 0.157 e. The van der Waals surface area contributed by atoms with Crippen molar-refractivity contribution < 1.29 is 19.4 Å². The number of phenolic OH excluding ortho intramolecular Hbond substituents is 1. The van der Waals surface area contributed by atoms with Gasteiger partial charge in [0.2, 0.25) is 0 Å². The molecule has 0 spiro atoms. The second kappa shape index (κ2) is 6.72. The molecule has 2 aromatic rings. The molecule has 1 aromatic heterocycles. The van der Waals surface area contributed by atoms with Crippen LogP contribution in [0.15, 0.2) is 36.0 Å². The predicted octanol–water partition coefficient (Wildman–Crippen LogP) is 2.99. The van der Waals surface area contributed by atoms with Gasteiger partial charge in [0.05, 0.1) is 30.5 Å². The molecule has 0 bridgehead atoms. The minimum atomic E-state index is -0.0755. The third-order valence-electron chi connectivity index (χ3n) is 4.63. The van der Waals surface area contributed by atoms with E-state index in [0.29, 0.717) is 37.9 Å². The van der Waals surface area contributed by atoms with Crippen molar-refractivity contribution in [3.05, 3.63) is 47.3 Å². The van der Waals surface area contributed by atoms with E-state index in [-0.39, 0.29) is 11.3 Å². The summed E-state index contributed by atoms with van der Waals surface area (Å²) in [5.41, 5.74) is 3.57. The summed E-state index contributed by atoms with van der Waals surface area (Å²) in [6, 6.07) is 7.37. The largest absolute Gasteiger partial charge is 0.507 e. The van der Waals surface area contributed by atoms with Crippen molar-refractivity contribution >= 4 is 11.9 Å². The normalized spacial score (nSPS) is 17.6. The van der Waals surface area contributed by atoms with E-state index in [9.17, 15) is 9.90 Å². The SMILES string of the molecule is O=Cc1c(O)cccc1OCC1=C(c2ccnn2C2CC2)CCOC1. The molecule has 0 saturated heterocycles. The number of benzene rings is 1. The highest BCUT2D eigenvalue weighted by Gasteiger charge is 2.28. The molecular weight excluding hydrogens is 320 g/mol. The second-order valence-electron chi connectivity index (χ2n) is 6.37. The molecule has 1 saturated carbocycles. The van der Waals surface area contributed by atoms with Gasteiger partial charge in [-0.15, -0.1) is 0 Å². The molecule has 2 heterocycles. The second-order valence-corrected chi connectivity index (χ2v) is 6.37. The average Bonchev–Trinajstić information content (AvgIpc) is 3.37. The van der Waals surface area contributed by atoms with Gasteiger partial charge >= 0.3 is 0 Å². The van der Waals surface area contributed by atoms with E-state index in [1.54, 1.807) is 12.1 Å². The number of ether oxygens (including phenoxy) is 2. The van der Waals surface area contributed by atoms with Crippen molar-refractivity contribution in [2.24, 2.45) is 0 Å². The van der Waals surface area contributed by atoms with E-state index >= 15 is 0 Å². The van der Waals surface area contributed by atoms with Crippen molar-refractivity contribution in [1.29, 1.82) is 0 Å². The van der Waals surface area contributed by atoms with E-state index in [1.165, 1.54) is 24.5 Å². The summed E-state index contributed by atoms with van der Waals surface area (Å²) in [7, 11) is 0. The molecular formula is C19H20N2O4. The maximum atomic E-state index is 11.2. The van der Waals surface area contributed by atoms with Crippen LogP contribution in [-0.2, 0) is 4.74 Å². The van der Waals surface area contributed by atoms with Gasteiger partial charge in [-0.25, -0.2) is 0 Å². The van der Waals surface area contributed by atoms with Gasteiger partial charge < -0.3 is 14.6 Å². The zero-order valence-corrected chi connectivity index (χ0v) is 13.9. The molecule has 25 heavy (non-hydrogen) atoms. The van der Waals surface area contributed by atoms with Crippen molar-refractivity contribution in [2.75, 3.05) is 19.8 Å². The molecule has 1 aromatic carbocycles. The Labute approximate surface area is 145 Å². The van der Waals surface area contributed by atoms with E-state index < -0.39 is 0 Å². The van der Waals surface area contributed by atoms with Crippen LogP contribution in [0.4, 0.5) is 0 Å². The zero-order valence-electron chi connectivity index (χ0n) is 13.9. The van der Waals surface area contributed by atoms with Crippen LogP contribution >= 0.6 is 0 Å². The standard InChI is InChI=1S/C19H20N2O4/c22-10-16-18(23)2-1-3-19(16)25-12-13-11-24-9-7-15(13)17-6-8-20-21(17)14-4-5-14/h1-3,6,8,10,14,23H,4-5,7,9,11-12H2. The average molecular weight is 340 g/mol. The molecule has 0 amide bonds. The molecule has 0 atom stereocenters. The van der Waals surface area contributed by atoms with Crippen LogP contribution < -0.4 is 4.74 Å². The van der Waals surface area contributed by atoms with E-state index in [1.807, 2.05) is 12.3 Å². The Kier molecular flexibility index (Phi) is 4.28. The van der Waals surface area contributed by atoms with Gasteiger partial charge in [0, 0.05) is 6.20 Å². The van der Waals surface area contributed by atoms with Crippen LogP contribution in [0, 0.1) is 0 Å². The predicted molar refractivity (Wildman–Crippen MR) is 91.8 cm³/mol. The number of hydrogen-bond acceptors (Lipinski definition) is 5. The molecule has 4 rings (SSSR count). The van der Waals surface area contributed by atoms with Crippen molar-refractivity contribution in [1.82, 2.24) is 9.78 Å². The molecule has 6 nitrogen and oxygen atoms in total. The molecule has 1 fully saturated rings. The van der Waals surface area contributed by atoms with Gasteiger partial charge in [-0.2, -0.15) is 5.10 Å². The van der Waals surface area contributed by atoms with Gasteiger partial charge in [0.1, 0.15) is 18.1 Å². The van der Waals surface area contributed by atoms with E-state index in [4.69, 9.17) is 9.47 Å². The maximum absolute atomic E-state index is 11.2. The summed E-state index contributed by atoms with van der Waals surface area (Å²) in [6.45, 7) is 1.50. The number of nitrogens with zero attached hydrogens (tertiary/aromatic N) is 2. The summed E-state index contributed by atoms with van der Waals surface area (Å²) < 4.78 is 13.5. The molecule has 130 valence electrons. The first-order valence-corrected chi connectivity index (χ1v) is 8.50. The number of carbonyl (C=O) groups is 1. The van der Waals surface area contributed by atoms with Crippen molar-refractivity contribution in [3.63, 3.8) is 0 Å². The smallest absolute Gasteiger partial charge is 0.157 e. The van der Waals surface area contributed by atoms with Crippen LogP contribution in [0.25, 0.3) is 5.57 Å². The number of carbonyl (C=O) groups excluding carboxylic acids is 1. The van der Waals surface area contributed by atoms with Crippen LogP contribution in [0.2, 0.25) is 0 Å². The summed E-state index contributed by atoms with van der Waals surface area (Å²) in [5.74, 6) is 0.302. The summed E-state index contributed by atoms with van der Waals surface area (Å²) in [4.78, 5) is 11.2. The molecule has 1 aliphatic carbocycles. The summed E-state index contributed by atoms with van der Waals surface area (Å²) in [5, 5.41) is 14.2. The van der Waals surface area contributed by atoms with Crippen molar-refractivity contribution in [2.45, 2.75) is 25.3 Å². The molecule has 2 aliphatic rings. The lowest BCUT2D eigenvalue weighted by atomic mass is 10.0. The van der Waals surface area contributed by atoms with Crippen molar-refractivity contribution in [3.8, 4) is 11.5 Å². The number of rotatable bonds is 6. The van der Waals surface area contributed by atoms with Gasteiger partial charge in [-0.05, 0) is 48.6 Å². The molecule has 0 radical (unpaired) electrons. The van der Waals surface area contributed by atoms with Crippen LogP contribution in [0.1, 0.15) is 41.4 Å². The highest BCUT2D eigenvalue weighted by molar-refractivity contribution is 5.83. The zero-order chi connectivity index (χ0) is 17.2. The highest BCUT2D eigenvalue weighted by Crippen LogP contribution is 2.38. The highest BCUT2D eigenvalue weighted by atomic mass is 16.5. The number of aromatic nitrogens is 2. The van der Waals surface area contributed by atoms with Crippen LogP contribution in [0.3, 0.4) is 0 Å². The lowest BCUT2D eigenvalue weighted by Crippen LogP contribution is -2.18. The minimum Gasteiger partial charge on any atom is -0.507 e. The van der Waals surface area contributed by atoms with Gasteiger partial charge in [-0.3, -0.25) is 9.48 Å². The van der Waals surface area contributed by atoms with Gasteiger partial charge in [0.15, 0.2) is 6.29 Å². The molecule has 0 unspecified atom stereocenters. The fraction of sp³-hybridized carbons (Fsp3) is 0.368. The third-order valence-corrected chi connectivity index (χ3v) is 4.63. The fourth-order valence-corrected chi connectivity index (χ4v) is 3.18. The fourth-order valence-electron chi connectivity index (χ4n) is 3.18. The Bertz CT molecular complexity index is 821. The number of hydrogen-bond donors (Lipinski definition) is 1. The molecule has 6 heteroatoms. The third kappa shape index (κ3) is 3.17. The quantitative estimate of drug-likeness (QED) is 0.819.